The van der Waals surface area contributed by atoms with E-state index in [9.17, 15) is 4.79 Å². The monoisotopic (exact) mass is 357 g/mol. The lowest BCUT2D eigenvalue weighted by Gasteiger charge is -2.22. The zero-order chi connectivity index (χ0) is 17.1. The molecule has 1 fully saturated rings. The van der Waals surface area contributed by atoms with Gasteiger partial charge in [-0.25, -0.2) is 4.98 Å². The largest absolute Gasteiger partial charge is 0.318 e. The van der Waals surface area contributed by atoms with Crippen LogP contribution in [0.25, 0.3) is 10.6 Å². The number of H-pyrrole nitrogens is 1. The van der Waals surface area contributed by atoms with Gasteiger partial charge in [-0.15, -0.1) is 11.3 Å². The van der Waals surface area contributed by atoms with E-state index in [-0.39, 0.29) is 5.91 Å². The van der Waals surface area contributed by atoms with Gasteiger partial charge in [0.15, 0.2) is 0 Å². The SMILES string of the molecule is O=C(Nc1cnn(CC2CCNCC2)c1)c1csc(-c2cn[nH]c2)n1. The molecule has 25 heavy (non-hydrogen) atoms. The summed E-state index contributed by atoms with van der Waals surface area (Å²) in [6.45, 7) is 3.02. The first kappa shape index (κ1) is 16.0. The first-order chi connectivity index (χ1) is 12.3. The average molecular weight is 357 g/mol. The van der Waals surface area contributed by atoms with Gasteiger partial charge in [0.2, 0.25) is 0 Å². The molecule has 4 rings (SSSR count). The summed E-state index contributed by atoms with van der Waals surface area (Å²) in [5.74, 6) is 0.410. The van der Waals surface area contributed by atoms with E-state index in [1.807, 2.05) is 10.9 Å². The summed E-state index contributed by atoms with van der Waals surface area (Å²) in [6.07, 6.45) is 9.33. The molecule has 0 bridgehead atoms. The predicted molar refractivity (Wildman–Crippen MR) is 95.5 cm³/mol. The third-order valence-electron chi connectivity index (χ3n) is 4.28. The van der Waals surface area contributed by atoms with Crippen LogP contribution in [0.2, 0.25) is 0 Å². The second-order valence-corrected chi connectivity index (χ2v) is 6.98. The van der Waals surface area contributed by atoms with Crippen molar-refractivity contribution in [2.45, 2.75) is 19.4 Å². The van der Waals surface area contributed by atoms with E-state index in [1.54, 1.807) is 24.0 Å². The molecule has 3 aromatic rings. The second-order valence-electron chi connectivity index (χ2n) is 6.12. The summed E-state index contributed by atoms with van der Waals surface area (Å²) in [6, 6.07) is 0. The molecule has 0 spiro atoms. The number of anilines is 1. The maximum atomic E-state index is 12.4. The Morgan fingerprint density at radius 1 is 1.36 bits per heavy atom. The third kappa shape index (κ3) is 3.77. The van der Waals surface area contributed by atoms with Crippen LogP contribution in [0.3, 0.4) is 0 Å². The van der Waals surface area contributed by atoms with Crippen molar-refractivity contribution >= 4 is 22.9 Å². The molecule has 0 aromatic carbocycles. The third-order valence-corrected chi connectivity index (χ3v) is 5.17. The highest BCUT2D eigenvalue weighted by molar-refractivity contribution is 7.13. The van der Waals surface area contributed by atoms with Gasteiger partial charge >= 0.3 is 0 Å². The van der Waals surface area contributed by atoms with Gasteiger partial charge in [-0.2, -0.15) is 10.2 Å². The molecule has 1 aliphatic rings. The smallest absolute Gasteiger partial charge is 0.275 e. The number of rotatable bonds is 5. The summed E-state index contributed by atoms with van der Waals surface area (Å²) >= 11 is 1.42. The molecule has 1 saturated heterocycles. The van der Waals surface area contributed by atoms with Gasteiger partial charge in [0.1, 0.15) is 10.7 Å². The molecule has 1 aliphatic heterocycles. The van der Waals surface area contributed by atoms with Crippen LogP contribution < -0.4 is 10.6 Å². The Morgan fingerprint density at radius 3 is 3.04 bits per heavy atom. The van der Waals surface area contributed by atoms with Gasteiger partial charge < -0.3 is 10.6 Å². The molecule has 0 saturated carbocycles. The van der Waals surface area contributed by atoms with E-state index in [2.05, 4.69) is 30.9 Å². The number of aromatic amines is 1. The molecule has 130 valence electrons. The molecule has 3 aromatic heterocycles. The Morgan fingerprint density at radius 2 is 2.24 bits per heavy atom. The molecule has 0 atom stereocenters. The van der Waals surface area contributed by atoms with Crippen LogP contribution in [-0.2, 0) is 6.54 Å². The normalized spacial score (nSPS) is 15.4. The maximum absolute atomic E-state index is 12.4. The molecule has 9 heteroatoms. The van der Waals surface area contributed by atoms with Crippen molar-refractivity contribution in [2.75, 3.05) is 18.4 Å². The minimum Gasteiger partial charge on any atom is -0.318 e. The molecule has 3 N–H and O–H groups in total. The molecular weight excluding hydrogens is 338 g/mol. The van der Waals surface area contributed by atoms with Gasteiger partial charge in [-0.3, -0.25) is 14.6 Å². The van der Waals surface area contributed by atoms with E-state index in [0.29, 0.717) is 17.3 Å². The summed E-state index contributed by atoms with van der Waals surface area (Å²) in [5, 5.41) is 19.7. The number of nitrogens with zero attached hydrogens (tertiary/aromatic N) is 4. The molecule has 0 radical (unpaired) electrons. The number of carbonyl (C=O) groups is 1. The fraction of sp³-hybridized carbons (Fsp3) is 0.375. The Bertz CT molecular complexity index is 832. The standard InChI is InChI=1S/C16H19N7OS/c24-15(14-10-25-16(22-14)12-5-18-19-6-12)21-13-7-20-23(9-13)8-11-1-3-17-4-2-11/h5-7,9-11,17H,1-4,8H2,(H,18,19)(H,21,24). The lowest BCUT2D eigenvalue weighted by Crippen LogP contribution is -2.29. The number of amides is 1. The molecule has 1 amide bonds. The average Bonchev–Trinajstić information content (AvgIpc) is 3.37. The molecular formula is C16H19N7OS. The van der Waals surface area contributed by atoms with Crippen molar-refractivity contribution in [3.05, 3.63) is 35.9 Å². The molecule has 8 nitrogen and oxygen atoms in total. The van der Waals surface area contributed by atoms with Gasteiger partial charge in [0.25, 0.3) is 5.91 Å². The molecule has 0 unspecified atom stereocenters. The Hall–Kier alpha value is -2.52. The summed E-state index contributed by atoms with van der Waals surface area (Å²) in [7, 11) is 0. The highest BCUT2D eigenvalue weighted by Gasteiger charge is 2.16. The Kier molecular flexibility index (Phi) is 4.57. The number of thiazole rings is 1. The minimum atomic E-state index is -0.229. The molecule has 4 heterocycles. The van der Waals surface area contributed by atoms with Gasteiger partial charge in [0, 0.05) is 29.9 Å². The number of carbonyl (C=O) groups excluding carboxylic acids is 1. The fourth-order valence-electron chi connectivity index (χ4n) is 2.93. The maximum Gasteiger partial charge on any atom is 0.275 e. The lowest BCUT2D eigenvalue weighted by atomic mass is 9.98. The van der Waals surface area contributed by atoms with Crippen LogP contribution in [0, 0.1) is 5.92 Å². The van der Waals surface area contributed by atoms with E-state index in [0.717, 1.165) is 43.0 Å². The highest BCUT2D eigenvalue weighted by atomic mass is 32.1. The number of nitrogens with one attached hydrogen (secondary N) is 3. The van der Waals surface area contributed by atoms with Crippen LogP contribution >= 0.6 is 11.3 Å². The van der Waals surface area contributed by atoms with Crippen molar-refractivity contribution < 1.29 is 4.79 Å². The minimum absolute atomic E-state index is 0.229. The van der Waals surface area contributed by atoms with E-state index < -0.39 is 0 Å². The topological polar surface area (TPSA) is 101 Å². The summed E-state index contributed by atoms with van der Waals surface area (Å²) in [4.78, 5) is 16.7. The lowest BCUT2D eigenvalue weighted by molar-refractivity contribution is 0.102. The zero-order valence-corrected chi connectivity index (χ0v) is 14.4. The van der Waals surface area contributed by atoms with Crippen molar-refractivity contribution in [3.8, 4) is 10.6 Å². The van der Waals surface area contributed by atoms with Crippen molar-refractivity contribution in [1.29, 1.82) is 0 Å². The summed E-state index contributed by atoms with van der Waals surface area (Å²) < 4.78 is 1.91. The highest BCUT2D eigenvalue weighted by Crippen LogP contribution is 2.23. The van der Waals surface area contributed by atoms with Crippen molar-refractivity contribution in [1.82, 2.24) is 30.3 Å². The van der Waals surface area contributed by atoms with E-state index in [4.69, 9.17) is 0 Å². The Labute approximate surface area is 148 Å². The Balaban J connectivity index is 1.38. The van der Waals surface area contributed by atoms with Gasteiger partial charge in [-0.1, -0.05) is 0 Å². The van der Waals surface area contributed by atoms with Crippen molar-refractivity contribution in [2.24, 2.45) is 5.92 Å². The second kappa shape index (κ2) is 7.16. The number of hydrogen-bond acceptors (Lipinski definition) is 6. The van der Waals surface area contributed by atoms with Gasteiger partial charge in [-0.05, 0) is 31.8 Å². The van der Waals surface area contributed by atoms with Crippen LogP contribution in [0.5, 0.6) is 0 Å². The van der Waals surface area contributed by atoms with Crippen LogP contribution in [0.15, 0.2) is 30.2 Å². The first-order valence-corrected chi connectivity index (χ1v) is 9.15. The predicted octanol–water partition coefficient (Wildman–Crippen LogP) is 1.98. The molecule has 0 aliphatic carbocycles. The van der Waals surface area contributed by atoms with Crippen LogP contribution in [0.1, 0.15) is 23.3 Å². The zero-order valence-electron chi connectivity index (χ0n) is 13.6. The fourth-order valence-corrected chi connectivity index (χ4v) is 3.71. The quantitative estimate of drug-likeness (QED) is 0.648. The first-order valence-electron chi connectivity index (χ1n) is 8.27. The summed E-state index contributed by atoms with van der Waals surface area (Å²) in [5.41, 5.74) is 1.96. The van der Waals surface area contributed by atoms with E-state index >= 15 is 0 Å². The van der Waals surface area contributed by atoms with Crippen molar-refractivity contribution in [3.63, 3.8) is 0 Å². The number of aromatic nitrogens is 5. The van der Waals surface area contributed by atoms with Gasteiger partial charge in [0.05, 0.1) is 18.1 Å². The van der Waals surface area contributed by atoms with Crippen LogP contribution in [-0.4, -0.2) is 44.0 Å². The number of piperidine rings is 1. The van der Waals surface area contributed by atoms with E-state index in [1.165, 1.54) is 11.3 Å². The number of hydrogen-bond donors (Lipinski definition) is 3. The van der Waals surface area contributed by atoms with Crippen LogP contribution in [0.4, 0.5) is 5.69 Å².